The standard InChI is InChI=1S/C25H24N8O2S/c1-2-12-32-24(34)18-14-27-25(29-16-6-7-19-20(13-16)36-15-28-19)31-23(18)33(32)21-4-3-5-22(30-21)35-17-8-10-26-11-9-17/h2-7,13-15,17,26H,1,8-12H2,(H,27,29,31). The number of benzene rings is 1. The van der Waals surface area contributed by atoms with Crippen LogP contribution in [-0.4, -0.2) is 48.5 Å². The van der Waals surface area contributed by atoms with Gasteiger partial charge in [0.25, 0.3) is 5.56 Å². The Bertz CT molecular complexity index is 1620. The fourth-order valence-corrected chi connectivity index (χ4v) is 5.06. The summed E-state index contributed by atoms with van der Waals surface area (Å²) in [4.78, 5) is 31.4. The van der Waals surface area contributed by atoms with Crippen molar-refractivity contribution in [2.75, 3.05) is 18.4 Å². The number of thiazole rings is 1. The van der Waals surface area contributed by atoms with Gasteiger partial charge in [0, 0.05) is 18.0 Å². The molecule has 182 valence electrons. The summed E-state index contributed by atoms with van der Waals surface area (Å²) < 4.78 is 10.5. The minimum atomic E-state index is -0.214. The molecule has 1 aromatic carbocycles. The van der Waals surface area contributed by atoms with Crippen LogP contribution in [0, 0.1) is 0 Å². The summed E-state index contributed by atoms with van der Waals surface area (Å²) in [5.74, 6) is 1.42. The number of anilines is 2. The molecule has 1 aliphatic rings. The van der Waals surface area contributed by atoms with Crippen LogP contribution in [0.15, 0.2) is 65.6 Å². The topological polar surface area (TPSA) is 112 Å². The Hall–Kier alpha value is -4.09. The summed E-state index contributed by atoms with van der Waals surface area (Å²) in [5, 5.41) is 6.98. The molecule has 4 aromatic heterocycles. The van der Waals surface area contributed by atoms with E-state index in [0.717, 1.165) is 41.8 Å². The Labute approximate surface area is 210 Å². The van der Waals surface area contributed by atoms with E-state index in [2.05, 4.69) is 27.2 Å². The van der Waals surface area contributed by atoms with E-state index in [-0.39, 0.29) is 11.7 Å². The number of pyridine rings is 1. The number of nitrogens with zero attached hydrogens (tertiary/aromatic N) is 6. The molecule has 0 amide bonds. The average Bonchev–Trinajstić information content (AvgIpc) is 3.47. The zero-order valence-electron chi connectivity index (χ0n) is 19.4. The van der Waals surface area contributed by atoms with E-state index in [9.17, 15) is 4.79 Å². The second-order valence-corrected chi connectivity index (χ2v) is 9.37. The van der Waals surface area contributed by atoms with E-state index in [0.29, 0.717) is 35.2 Å². The van der Waals surface area contributed by atoms with E-state index in [1.807, 2.05) is 41.9 Å². The number of ether oxygens (including phenoxy) is 1. The number of hydrogen-bond donors (Lipinski definition) is 2. The van der Waals surface area contributed by atoms with Crippen molar-refractivity contribution in [3.63, 3.8) is 0 Å². The Morgan fingerprint density at radius 3 is 2.94 bits per heavy atom. The molecule has 1 aliphatic heterocycles. The van der Waals surface area contributed by atoms with E-state index in [1.54, 1.807) is 33.0 Å². The van der Waals surface area contributed by atoms with Crippen molar-refractivity contribution in [3.05, 3.63) is 71.1 Å². The minimum Gasteiger partial charge on any atom is -0.474 e. The van der Waals surface area contributed by atoms with Gasteiger partial charge in [-0.15, -0.1) is 17.9 Å². The van der Waals surface area contributed by atoms with Crippen LogP contribution in [0.3, 0.4) is 0 Å². The smallest absolute Gasteiger partial charge is 0.278 e. The fourth-order valence-electron chi connectivity index (χ4n) is 4.34. The molecule has 6 rings (SSSR count). The summed E-state index contributed by atoms with van der Waals surface area (Å²) in [7, 11) is 0. The highest BCUT2D eigenvalue weighted by Gasteiger charge is 2.20. The monoisotopic (exact) mass is 500 g/mol. The third-order valence-corrected chi connectivity index (χ3v) is 6.86. The van der Waals surface area contributed by atoms with E-state index < -0.39 is 0 Å². The predicted molar refractivity (Wildman–Crippen MR) is 141 cm³/mol. The van der Waals surface area contributed by atoms with Crippen LogP contribution in [0.4, 0.5) is 11.6 Å². The van der Waals surface area contributed by atoms with Crippen molar-refractivity contribution in [2.24, 2.45) is 0 Å². The van der Waals surface area contributed by atoms with Crippen LogP contribution in [0.25, 0.3) is 27.1 Å². The first kappa shape index (κ1) is 22.4. The van der Waals surface area contributed by atoms with Crippen molar-refractivity contribution in [3.8, 4) is 11.7 Å². The zero-order chi connectivity index (χ0) is 24.5. The number of aromatic nitrogens is 6. The largest absolute Gasteiger partial charge is 0.474 e. The fraction of sp³-hybridized carbons (Fsp3) is 0.240. The number of hydrogen-bond acceptors (Lipinski definition) is 9. The average molecular weight is 501 g/mol. The Kier molecular flexibility index (Phi) is 5.91. The summed E-state index contributed by atoms with van der Waals surface area (Å²) in [6.45, 7) is 5.96. The number of rotatable bonds is 7. The second-order valence-electron chi connectivity index (χ2n) is 8.48. The Balaban J connectivity index is 1.40. The lowest BCUT2D eigenvalue weighted by Crippen LogP contribution is -2.34. The number of fused-ring (bicyclic) bond motifs is 2. The molecular formula is C25H24N8O2S. The molecule has 0 bridgehead atoms. The highest BCUT2D eigenvalue weighted by atomic mass is 32.1. The first-order valence-corrected chi connectivity index (χ1v) is 12.6. The molecule has 0 atom stereocenters. The van der Waals surface area contributed by atoms with Gasteiger partial charge in [0.05, 0.1) is 22.3 Å². The first-order valence-electron chi connectivity index (χ1n) is 11.7. The molecule has 1 saturated heterocycles. The van der Waals surface area contributed by atoms with Crippen LogP contribution < -0.4 is 20.9 Å². The van der Waals surface area contributed by atoms with Gasteiger partial charge in [-0.3, -0.25) is 4.79 Å². The molecular weight excluding hydrogens is 476 g/mol. The second kappa shape index (κ2) is 9.51. The third kappa shape index (κ3) is 4.23. The molecule has 2 N–H and O–H groups in total. The van der Waals surface area contributed by atoms with Crippen molar-refractivity contribution in [1.82, 2.24) is 34.6 Å². The van der Waals surface area contributed by atoms with Crippen LogP contribution >= 0.6 is 11.3 Å². The van der Waals surface area contributed by atoms with Gasteiger partial charge in [-0.2, -0.15) is 9.97 Å². The van der Waals surface area contributed by atoms with Crippen LogP contribution in [0.2, 0.25) is 0 Å². The minimum absolute atomic E-state index is 0.111. The van der Waals surface area contributed by atoms with Gasteiger partial charge in [-0.25, -0.2) is 19.3 Å². The van der Waals surface area contributed by atoms with Crippen molar-refractivity contribution >= 4 is 44.2 Å². The van der Waals surface area contributed by atoms with E-state index >= 15 is 0 Å². The first-order chi connectivity index (χ1) is 17.7. The molecule has 36 heavy (non-hydrogen) atoms. The summed E-state index contributed by atoms with van der Waals surface area (Å²) in [5.41, 5.74) is 3.82. The lowest BCUT2D eigenvalue weighted by molar-refractivity contribution is 0.156. The SMILES string of the molecule is C=CCn1c(=O)c2cnc(Nc3ccc4ncsc4c3)nc2n1-c1cccc(OC2CCNCC2)n1. The Morgan fingerprint density at radius 1 is 1.19 bits per heavy atom. The summed E-state index contributed by atoms with van der Waals surface area (Å²) in [6.07, 6.45) is 5.18. The molecule has 5 heterocycles. The van der Waals surface area contributed by atoms with Gasteiger partial charge in [-0.1, -0.05) is 12.1 Å². The number of allylic oxidation sites excluding steroid dienone is 1. The van der Waals surface area contributed by atoms with Gasteiger partial charge >= 0.3 is 0 Å². The lowest BCUT2D eigenvalue weighted by Gasteiger charge is -2.23. The molecule has 1 fully saturated rings. The molecule has 0 saturated carbocycles. The van der Waals surface area contributed by atoms with Crippen molar-refractivity contribution in [1.29, 1.82) is 0 Å². The molecule has 5 aromatic rings. The maximum Gasteiger partial charge on any atom is 0.278 e. The summed E-state index contributed by atoms with van der Waals surface area (Å²) >= 11 is 1.56. The molecule has 11 heteroatoms. The molecule has 0 unspecified atom stereocenters. The number of piperidine rings is 1. The highest BCUT2D eigenvalue weighted by molar-refractivity contribution is 7.16. The van der Waals surface area contributed by atoms with Gasteiger partial charge in [0.1, 0.15) is 11.5 Å². The highest BCUT2D eigenvalue weighted by Crippen LogP contribution is 2.24. The maximum atomic E-state index is 13.2. The van der Waals surface area contributed by atoms with Gasteiger partial charge in [0.15, 0.2) is 11.5 Å². The van der Waals surface area contributed by atoms with E-state index in [1.165, 1.54) is 0 Å². The molecule has 0 spiro atoms. The van der Waals surface area contributed by atoms with Crippen molar-refractivity contribution in [2.45, 2.75) is 25.5 Å². The third-order valence-electron chi connectivity index (χ3n) is 6.06. The predicted octanol–water partition coefficient (Wildman–Crippen LogP) is 3.65. The van der Waals surface area contributed by atoms with Gasteiger partial charge < -0.3 is 15.4 Å². The lowest BCUT2D eigenvalue weighted by atomic mass is 10.1. The van der Waals surface area contributed by atoms with Crippen LogP contribution in [-0.2, 0) is 6.54 Å². The maximum absolute atomic E-state index is 13.2. The Morgan fingerprint density at radius 2 is 2.08 bits per heavy atom. The van der Waals surface area contributed by atoms with Crippen LogP contribution in [0.1, 0.15) is 12.8 Å². The molecule has 0 aliphatic carbocycles. The molecule has 0 radical (unpaired) electrons. The molecule has 10 nitrogen and oxygen atoms in total. The van der Waals surface area contributed by atoms with Crippen LogP contribution in [0.5, 0.6) is 5.88 Å². The normalized spacial score (nSPS) is 14.3. The van der Waals surface area contributed by atoms with Gasteiger partial charge in [-0.05, 0) is 50.2 Å². The summed E-state index contributed by atoms with van der Waals surface area (Å²) in [6, 6.07) is 11.4. The zero-order valence-corrected chi connectivity index (χ0v) is 20.2. The van der Waals surface area contributed by atoms with Crippen molar-refractivity contribution < 1.29 is 4.74 Å². The number of nitrogens with one attached hydrogen (secondary N) is 2. The van der Waals surface area contributed by atoms with Gasteiger partial charge in [0.2, 0.25) is 11.8 Å². The quantitative estimate of drug-likeness (QED) is 0.326. The van der Waals surface area contributed by atoms with E-state index in [4.69, 9.17) is 14.7 Å².